The van der Waals surface area contributed by atoms with Crippen LogP contribution in [0.1, 0.15) is 54.4 Å². The summed E-state index contributed by atoms with van der Waals surface area (Å²) in [5.74, 6) is -0.747. The van der Waals surface area contributed by atoms with E-state index in [-0.39, 0.29) is 11.5 Å². The fraction of sp³-hybridized carbons (Fsp3) is 0.733. The van der Waals surface area contributed by atoms with E-state index in [0.717, 1.165) is 11.7 Å². The minimum atomic E-state index is -0.873. The van der Waals surface area contributed by atoms with Crippen LogP contribution in [0.15, 0.2) is 0 Å². The first-order valence-corrected chi connectivity index (χ1v) is 8.21. The number of nitrogens with zero attached hydrogens (tertiary/aromatic N) is 3. The Bertz CT molecular complexity index is 521. The van der Waals surface area contributed by atoms with Crippen LogP contribution in [-0.4, -0.2) is 54.2 Å². The van der Waals surface area contributed by atoms with Crippen LogP contribution in [0.5, 0.6) is 0 Å². The molecule has 0 amide bonds. The largest absolute Gasteiger partial charge is 0.477 e. The number of rotatable bonds is 6. The van der Waals surface area contributed by atoms with Gasteiger partial charge >= 0.3 is 5.97 Å². The van der Waals surface area contributed by atoms with E-state index in [1.165, 1.54) is 30.6 Å². The van der Waals surface area contributed by atoms with E-state index in [4.69, 9.17) is 0 Å². The molecule has 0 bridgehead atoms. The van der Waals surface area contributed by atoms with E-state index in [2.05, 4.69) is 28.9 Å². The molecule has 6 heteroatoms. The number of aromatic nitrogens is 1. The standard InChI is InChI=1S/C15H25N3O2S/c1-10(2)11-12(13(19)20)21-14(16-11)18(5)9-15(17(3)4)7-6-8-15/h10H,6-9H2,1-5H3,(H,19,20). The van der Waals surface area contributed by atoms with Crippen molar-refractivity contribution in [3.8, 4) is 0 Å². The highest BCUT2D eigenvalue weighted by Gasteiger charge is 2.40. The predicted octanol–water partition coefficient (Wildman–Crippen LogP) is 2.89. The van der Waals surface area contributed by atoms with Crippen LogP contribution in [0.4, 0.5) is 5.13 Å². The van der Waals surface area contributed by atoms with Gasteiger partial charge in [0, 0.05) is 19.1 Å². The first kappa shape index (κ1) is 16.2. The highest BCUT2D eigenvalue weighted by molar-refractivity contribution is 7.17. The van der Waals surface area contributed by atoms with Crippen molar-refractivity contribution in [3.63, 3.8) is 0 Å². The molecule has 0 spiro atoms. The monoisotopic (exact) mass is 311 g/mol. The summed E-state index contributed by atoms with van der Waals surface area (Å²) in [6, 6.07) is 0. The van der Waals surface area contributed by atoms with Crippen molar-refractivity contribution < 1.29 is 9.90 Å². The average Bonchev–Trinajstić information content (AvgIpc) is 2.78. The zero-order valence-corrected chi connectivity index (χ0v) is 14.3. The number of likely N-dealkylation sites (N-methyl/N-ethyl adjacent to an activating group) is 2. The lowest BCUT2D eigenvalue weighted by molar-refractivity contribution is 0.0683. The Labute approximate surface area is 130 Å². The summed E-state index contributed by atoms with van der Waals surface area (Å²) < 4.78 is 0. The van der Waals surface area contributed by atoms with Crippen molar-refractivity contribution in [2.24, 2.45) is 0 Å². The Kier molecular flexibility index (Phi) is 4.58. The van der Waals surface area contributed by atoms with Crippen LogP contribution < -0.4 is 4.90 Å². The van der Waals surface area contributed by atoms with Crippen molar-refractivity contribution in [2.75, 3.05) is 32.6 Å². The van der Waals surface area contributed by atoms with Crippen molar-refractivity contribution >= 4 is 22.4 Å². The summed E-state index contributed by atoms with van der Waals surface area (Å²) in [7, 11) is 6.26. The van der Waals surface area contributed by atoms with Gasteiger partial charge in [-0.2, -0.15) is 0 Å². The van der Waals surface area contributed by atoms with Gasteiger partial charge in [-0.25, -0.2) is 9.78 Å². The third-order valence-electron chi connectivity index (χ3n) is 4.47. The van der Waals surface area contributed by atoms with Crippen molar-refractivity contribution in [1.29, 1.82) is 0 Å². The number of thiazole rings is 1. The smallest absolute Gasteiger partial charge is 0.347 e. The van der Waals surface area contributed by atoms with Crippen LogP contribution in [-0.2, 0) is 0 Å². The van der Waals surface area contributed by atoms with Crippen molar-refractivity contribution in [2.45, 2.75) is 44.6 Å². The Hall–Kier alpha value is -1.14. The highest BCUT2D eigenvalue weighted by Crippen LogP contribution is 2.38. The Balaban J connectivity index is 2.21. The number of carboxylic acid groups (broad SMARTS) is 1. The Morgan fingerprint density at radius 3 is 2.33 bits per heavy atom. The summed E-state index contributed by atoms with van der Waals surface area (Å²) in [6.07, 6.45) is 3.65. The van der Waals surface area contributed by atoms with Gasteiger partial charge in [-0.05, 0) is 39.3 Å². The van der Waals surface area contributed by atoms with E-state index in [0.29, 0.717) is 10.6 Å². The number of carbonyl (C=O) groups is 1. The highest BCUT2D eigenvalue weighted by atomic mass is 32.1. The molecular formula is C15H25N3O2S. The molecule has 0 radical (unpaired) electrons. The predicted molar refractivity (Wildman–Crippen MR) is 86.7 cm³/mol. The molecule has 2 rings (SSSR count). The van der Waals surface area contributed by atoms with Crippen LogP contribution in [0.2, 0.25) is 0 Å². The zero-order chi connectivity index (χ0) is 15.8. The molecule has 1 aliphatic rings. The zero-order valence-electron chi connectivity index (χ0n) is 13.5. The molecule has 0 unspecified atom stereocenters. The van der Waals surface area contributed by atoms with Gasteiger partial charge in [0.2, 0.25) is 0 Å². The summed E-state index contributed by atoms with van der Waals surface area (Å²) in [5.41, 5.74) is 0.906. The molecule has 1 N–H and O–H groups in total. The molecule has 1 fully saturated rings. The van der Waals surface area contributed by atoms with Gasteiger partial charge in [-0.3, -0.25) is 0 Å². The topological polar surface area (TPSA) is 56.7 Å². The van der Waals surface area contributed by atoms with Crippen LogP contribution in [0.25, 0.3) is 0 Å². The number of hydrogen-bond donors (Lipinski definition) is 1. The molecule has 1 aromatic rings. The molecule has 0 atom stereocenters. The second-order valence-electron chi connectivity index (χ2n) is 6.50. The molecular weight excluding hydrogens is 286 g/mol. The maximum Gasteiger partial charge on any atom is 0.347 e. The molecule has 1 heterocycles. The maximum absolute atomic E-state index is 11.4. The quantitative estimate of drug-likeness (QED) is 0.875. The number of hydrogen-bond acceptors (Lipinski definition) is 5. The van der Waals surface area contributed by atoms with Crippen LogP contribution in [0.3, 0.4) is 0 Å². The van der Waals surface area contributed by atoms with E-state index >= 15 is 0 Å². The molecule has 118 valence electrons. The van der Waals surface area contributed by atoms with Gasteiger partial charge in [0.1, 0.15) is 4.88 Å². The molecule has 5 nitrogen and oxygen atoms in total. The molecule has 1 aromatic heterocycles. The van der Waals surface area contributed by atoms with Gasteiger partial charge in [-0.15, -0.1) is 0 Å². The minimum absolute atomic E-state index is 0.126. The van der Waals surface area contributed by atoms with Crippen LogP contribution in [0, 0.1) is 0 Å². The first-order valence-electron chi connectivity index (χ1n) is 7.39. The molecule has 21 heavy (non-hydrogen) atoms. The minimum Gasteiger partial charge on any atom is -0.477 e. The molecule has 1 saturated carbocycles. The number of carboxylic acids is 1. The lowest BCUT2D eigenvalue weighted by Crippen LogP contribution is -2.56. The summed E-state index contributed by atoms with van der Waals surface area (Å²) >= 11 is 1.29. The van der Waals surface area contributed by atoms with E-state index in [9.17, 15) is 9.90 Å². The van der Waals surface area contributed by atoms with Gasteiger partial charge in [0.15, 0.2) is 5.13 Å². The van der Waals surface area contributed by atoms with Gasteiger partial charge < -0.3 is 14.9 Å². The van der Waals surface area contributed by atoms with Gasteiger partial charge in [0.25, 0.3) is 0 Å². The summed E-state index contributed by atoms with van der Waals surface area (Å²) in [4.78, 5) is 20.7. The molecule has 0 aliphatic heterocycles. The summed E-state index contributed by atoms with van der Waals surface area (Å²) in [5, 5.41) is 10.1. The second-order valence-corrected chi connectivity index (χ2v) is 7.48. The van der Waals surface area contributed by atoms with Crippen molar-refractivity contribution in [3.05, 3.63) is 10.6 Å². The molecule has 0 aromatic carbocycles. The Morgan fingerprint density at radius 1 is 1.38 bits per heavy atom. The molecule has 1 aliphatic carbocycles. The van der Waals surface area contributed by atoms with Gasteiger partial charge in [-0.1, -0.05) is 25.2 Å². The third-order valence-corrected chi connectivity index (χ3v) is 5.65. The van der Waals surface area contributed by atoms with E-state index < -0.39 is 5.97 Å². The fourth-order valence-corrected chi connectivity index (χ4v) is 3.89. The van der Waals surface area contributed by atoms with E-state index in [1.807, 2.05) is 20.9 Å². The summed E-state index contributed by atoms with van der Waals surface area (Å²) in [6.45, 7) is 4.86. The lowest BCUT2D eigenvalue weighted by Gasteiger charge is -2.49. The molecule has 0 saturated heterocycles. The number of anilines is 1. The Morgan fingerprint density at radius 2 is 2.00 bits per heavy atom. The maximum atomic E-state index is 11.4. The normalized spacial score (nSPS) is 17.1. The van der Waals surface area contributed by atoms with Crippen molar-refractivity contribution in [1.82, 2.24) is 9.88 Å². The average molecular weight is 311 g/mol. The van der Waals surface area contributed by atoms with E-state index in [1.54, 1.807) is 0 Å². The fourth-order valence-electron chi connectivity index (χ4n) is 2.87. The SMILES string of the molecule is CC(C)c1nc(N(C)CC2(N(C)C)CCC2)sc1C(=O)O. The first-order chi connectivity index (χ1) is 9.77. The third kappa shape index (κ3) is 3.06. The second kappa shape index (κ2) is 5.93. The lowest BCUT2D eigenvalue weighted by atomic mass is 9.75. The van der Waals surface area contributed by atoms with Crippen LogP contribution >= 0.6 is 11.3 Å². The number of aromatic carboxylic acids is 1. The van der Waals surface area contributed by atoms with Gasteiger partial charge in [0.05, 0.1) is 5.69 Å².